The van der Waals surface area contributed by atoms with Crippen LogP contribution in [0.3, 0.4) is 0 Å². The van der Waals surface area contributed by atoms with Gasteiger partial charge in [0.15, 0.2) is 11.6 Å². The van der Waals surface area contributed by atoms with Gasteiger partial charge in [-0.2, -0.15) is 10.2 Å². The largest absolute Gasteiger partial charge is 0.368 e. The lowest BCUT2D eigenvalue weighted by molar-refractivity contribution is 0.782. The zero-order valence-corrected chi connectivity index (χ0v) is 21.5. The first-order chi connectivity index (χ1) is 15.6. The number of halogens is 1. The molecule has 0 saturated carbocycles. The number of aromatic nitrogens is 6. The molecule has 0 bridgehead atoms. The zero-order valence-electron chi connectivity index (χ0n) is 19.2. The van der Waals surface area contributed by atoms with Crippen LogP contribution < -0.4 is 16.0 Å². The highest BCUT2D eigenvalue weighted by Crippen LogP contribution is 2.18. The Hall–Kier alpha value is -3.22. The average molecular weight is 560 g/mol. The second kappa shape index (κ2) is 11.1. The van der Waals surface area contributed by atoms with Gasteiger partial charge in [-0.05, 0) is 31.5 Å². The van der Waals surface area contributed by atoms with Gasteiger partial charge in [-0.15, -0.1) is 24.0 Å². The number of nitrogens with one attached hydrogen (secondary N) is 3. The van der Waals surface area contributed by atoms with E-state index in [2.05, 4.69) is 66.2 Å². The van der Waals surface area contributed by atoms with Crippen molar-refractivity contribution in [3.05, 3.63) is 59.8 Å². The molecule has 0 aliphatic carbocycles. The number of rotatable bonds is 7. The highest BCUT2D eigenvalue weighted by atomic mass is 127. The summed E-state index contributed by atoms with van der Waals surface area (Å²) in [5.41, 5.74) is 5.11. The number of para-hydroxylation sites is 1. The van der Waals surface area contributed by atoms with Crippen molar-refractivity contribution in [2.24, 2.45) is 12.0 Å². The third-order valence-corrected chi connectivity index (χ3v) is 5.14. The summed E-state index contributed by atoms with van der Waals surface area (Å²) in [5.74, 6) is 1.50. The summed E-state index contributed by atoms with van der Waals surface area (Å²) >= 11 is 0. The van der Waals surface area contributed by atoms with Crippen LogP contribution in [0.1, 0.15) is 17.0 Å². The highest BCUT2D eigenvalue weighted by molar-refractivity contribution is 14.0. The molecule has 0 radical (unpaired) electrons. The van der Waals surface area contributed by atoms with Gasteiger partial charge in [-0.1, -0.05) is 18.2 Å². The number of hydrogen-bond acceptors (Lipinski definition) is 6. The van der Waals surface area contributed by atoms with Crippen LogP contribution in [0.25, 0.3) is 16.7 Å². The van der Waals surface area contributed by atoms with Crippen molar-refractivity contribution in [3.63, 3.8) is 0 Å². The summed E-state index contributed by atoms with van der Waals surface area (Å²) in [6.45, 7) is 6.04. The fourth-order valence-electron chi connectivity index (χ4n) is 3.60. The third kappa shape index (κ3) is 5.59. The number of hydrogen-bond donors (Lipinski definition) is 3. The summed E-state index contributed by atoms with van der Waals surface area (Å²) in [6.07, 6.45) is 3.31. The molecule has 0 spiro atoms. The Morgan fingerprint density at radius 3 is 2.67 bits per heavy atom. The Balaban J connectivity index is 0.00000306. The molecule has 3 heterocycles. The Bertz CT molecular complexity index is 1240. The predicted octanol–water partition coefficient (Wildman–Crippen LogP) is 2.56. The molecule has 0 unspecified atom stereocenters. The minimum atomic E-state index is 0. The van der Waals surface area contributed by atoms with Crippen molar-refractivity contribution in [1.82, 2.24) is 40.2 Å². The lowest BCUT2D eigenvalue weighted by atomic mass is 10.1. The highest BCUT2D eigenvalue weighted by Gasteiger charge is 2.10. The predicted molar refractivity (Wildman–Crippen MR) is 141 cm³/mol. The van der Waals surface area contributed by atoms with Crippen molar-refractivity contribution in [1.29, 1.82) is 0 Å². The molecule has 0 saturated heterocycles. The van der Waals surface area contributed by atoms with Crippen molar-refractivity contribution in [2.45, 2.75) is 20.4 Å². The molecule has 1 aromatic carbocycles. The SMILES string of the molecule is CN=C(NCCNc1ncnc2c1cnn2C)NCc1ccccc1-n1nc(C)cc1C.I. The first kappa shape index (κ1) is 24.4. The second-order valence-corrected chi connectivity index (χ2v) is 7.47. The van der Waals surface area contributed by atoms with Crippen LogP contribution in [0.4, 0.5) is 5.82 Å². The third-order valence-electron chi connectivity index (χ3n) is 5.14. The van der Waals surface area contributed by atoms with Crippen LogP contribution in [0.2, 0.25) is 0 Å². The number of fused-ring (bicyclic) bond motifs is 1. The van der Waals surface area contributed by atoms with Crippen LogP contribution in [0, 0.1) is 13.8 Å². The molecule has 0 atom stereocenters. The lowest BCUT2D eigenvalue weighted by Gasteiger charge is -2.15. The number of benzene rings is 1. The van der Waals surface area contributed by atoms with Crippen molar-refractivity contribution >= 4 is 46.8 Å². The fourth-order valence-corrected chi connectivity index (χ4v) is 3.60. The summed E-state index contributed by atoms with van der Waals surface area (Å²) < 4.78 is 3.71. The van der Waals surface area contributed by atoms with E-state index < -0.39 is 0 Å². The van der Waals surface area contributed by atoms with Crippen LogP contribution in [0.15, 0.2) is 47.8 Å². The summed E-state index contributed by atoms with van der Waals surface area (Å²) in [6, 6.07) is 10.3. The Labute approximate surface area is 209 Å². The maximum absolute atomic E-state index is 4.62. The molecule has 0 aliphatic rings. The van der Waals surface area contributed by atoms with E-state index in [1.807, 2.05) is 30.8 Å². The lowest BCUT2D eigenvalue weighted by Crippen LogP contribution is -2.39. The van der Waals surface area contributed by atoms with Crippen molar-refractivity contribution in [2.75, 3.05) is 25.5 Å². The van der Waals surface area contributed by atoms with Gasteiger partial charge >= 0.3 is 0 Å². The van der Waals surface area contributed by atoms with E-state index in [0.29, 0.717) is 19.6 Å². The number of nitrogens with zero attached hydrogens (tertiary/aromatic N) is 7. The van der Waals surface area contributed by atoms with E-state index in [-0.39, 0.29) is 24.0 Å². The van der Waals surface area contributed by atoms with Crippen molar-refractivity contribution in [3.8, 4) is 5.69 Å². The summed E-state index contributed by atoms with van der Waals surface area (Å²) in [4.78, 5) is 12.9. The van der Waals surface area contributed by atoms with Gasteiger partial charge in [-0.25, -0.2) is 14.6 Å². The van der Waals surface area contributed by atoms with E-state index in [0.717, 1.165) is 45.4 Å². The molecule has 33 heavy (non-hydrogen) atoms. The van der Waals surface area contributed by atoms with Crippen LogP contribution >= 0.6 is 24.0 Å². The molecule has 4 aromatic rings. The van der Waals surface area contributed by atoms with Gasteiger partial charge in [0.2, 0.25) is 0 Å². The monoisotopic (exact) mass is 560 g/mol. The van der Waals surface area contributed by atoms with Gasteiger partial charge < -0.3 is 16.0 Å². The topological polar surface area (TPSA) is 110 Å². The molecule has 0 fully saturated rings. The van der Waals surface area contributed by atoms with Crippen molar-refractivity contribution < 1.29 is 0 Å². The molecule has 11 heteroatoms. The minimum Gasteiger partial charge on any atom is -0.368 e. The zero-order chi connectivity index (χ0) is 22.5. The van der Waals surface area contributed by atoms with Crippen LogP contribution in [-0.4, -0.2) is 55.6 Å². The number of anilines is 1. The fraction of sp³-hybridized carbons (Fsp3) is 0.318. The number of aliphatic imine (C=N–C) groups is 1. The maximum atomic E-state index is 4.62. The minimum absolute atomic E-state index is 0. The van der Waals surface area contributed by atoms with Gasteiger partial charge in [-0.3, -0.25) is 9.67 Å². The van der Waals surface area contributed by atoms with E-state index in [1.54, 1.807) is 24.3 Å². The Kier molecular flexibility index (Phi) is 8.20. The molecule has 4 rings (SSSR count). The molecule has 0 amide bonds. The normalized spacial score (nSPS) is 11.3. The first-order valence-corrected chi connectivity index (χ1v) is 10.5. The van der Waals surface area contributed by atoms with Gasteiger partial charge in [0.25, 0.3) is 0 Å². The Morgan fingerprint density at radius 2 is 1.91 bits per heavy atom. The molecule has 174 valence electrons. The second-order valence-electron chi connectivity index (χ2n) is 7.47. The van der Waals surface area contributed by atoms with Gasteiger partial charge in [0.05, 0.1) is 23.0 Å². The van der Waals surface area contributed by atoms with E-state index in [9.17, 15) is 0 Å². The molecule has 3 aromatic heterocycles. The molecular weight excluding hydrogens is 531 g/mol. The van der Waals surface area contributed by atoms with Gasteiger partial charge in [0.1, 0.15) is 12.1 Å². The first-order valence-electron chi connectivity index (χ1n) is 10.5. The maximum Gasteiger partial charge on any atom is 0.191 e. The summed E-state index contributed by atoms with van der Waals surface area (Å²) in [7, 11) is 3.63. The Morgan fingerprint density at radius 1 is 1.09 bits per heavy atom. The standard InChI is InChI=1S/C22H28N10.HI/c1-15-11-16(2)32(30-15)19-8-6-5-7-17(19)12-26-22(23-3)25-10-9-24-20-18-13-29-31(4)21(18)28-14-27-20;/h5-8,11,13-14H,9-10,12H2,1-4H3,(H2,23,25,26)(H,24,27,28);1H. The van der Waals surface area contributed by atoms with Gasteiger partial charge in [0, 0.05) is 39.4 Å². The molecule has 10 nitrogen and oxygen atoms in total. The van der Waals surface area contributed by atoms with Crippen LogP contribution in [-0.2, 0) is 13.6 Å². The number of aryl methyl sites for hydroxylation is 3. The van der Waals surface area contributed by atoms with E-state index in [4.69, 9.17) is 0 Å². The molecule has 3 N–H and O–H groups in total. The van der Waals surface area contributed by atoms with E-state index in [1.165, 1.54) is 0 Å². The smallest absolute Gasteiger partial charge is 0.191 e. The van der Waals surface area contributed by atoms with E-state index >= 15 is 0 Å². The summed E-state index contributed by atoms with van der Waals surface area (Å²) in [5, 5.41) is 19.8. The average Bonchev–Trinajstić information content (AvgIpc) is 3.35. The van der Waals surface area contributed by atoms with Crippen LogP contribution in [0.5, 0.6) is 0 Å². The quantitative estimate of drug-likeness (QED) is 0.138. The molecule has 0 aliphatic heterocycles. The number of guanidine groups is 1. The molecular formula is C22H29IN10.